The van der Waals surface area contributed by atoms with Crippen LogP contribution in [0.4, 0.5) is 11.4 Å². The van der Waals surface area contributed by atoms with Gasteiger partial charge in [-0.05, 0) is 60.6 Å². The van der Waals surface area contributed by atoms with Gasteiger partial charge in [-0.3, -0.25) is 29.8 Å². The summed E-state index contributed by atoms with van der Waals surface area (Å²) in [6.07, 6.45) is 2.41. The third-order valence-corrected chi connectivity index (χ3v) is 7.73. The van der Waals surface area contributed by atoms with E-state index in [9.17, 15) is 39.4 Å². The molecule has 4 aromatic carbocycles. The minimum absolute atomic E-state index is 0.00442. The SMILES string of the molecule is CCCC(=O)O/N=C(/CC)C(=O)c1ccc(-c2ccc([N+](=O)[O-])cc2)cc1.CCCC(=O)O/N=C(/CC)C(=O)c1ccc(-c2ccccc2[N+](=O)[O-])cc1. The summed E-state index contributed by atoms with van der Waals surface area (Å²) in [7, 11) is 0. The molecule has 0 spiro atoms. The molecule has 0 saturated heterocycles. The van der Waals surface area contributed by atoms with Gasteiger partial charge in [-0.2, -0.15) is 0 Å². The zero-order valence-electron chi connectivity index (χ0n) is 30.4. The fourth-order valence-corrected chi connectivity index (χ4v) is 4.85. The summed E-state index contributed by atoms with van der Waals surface area (Å²) in [5.41, 5.74) is 3.84. The van der Waals surface area contributed by atoms with Crippen LogP contribution in [0.25, 0.3) is 22.3 Å². The summed E-state index contributed by atoms with van der Waals surface area (Å²) in [5, 5.41) is 29.3. The molecule has 0 aliphatic carbocycles. The number of nitro benzene ring substituents is 2. The molecule has 0 saturated carbocycles. The summed E-state index contributed by atoms with van der Waals surface area (Å²) < 4.78 is 0. The Morgan fingerprint density at radius 3 is 1.35 bits per heavy atom. The monoisotopic (exact) mass is 736 g/mol. The van der Waals surface area contributed by atoms with E-state index in [-0.39, 0.29) is 47.2 Å². The first-order valence-corrected chi connectivity index (χ1v) is 17.2. The van der Waals surface area contributed by atoms with Crippen LogP contribution in [0.1, 0.15) is 86.9 Å². The van der Waals surface area contributed by atoms with Crippen LogP contribution in [-0.2, 0) is 19.3 Å². The van der Waals surface area contributed by atoms with E-state index < -0.39 is 21.8 Å². The Labute approximate surface area is 311 Å². The topological polar surface area (TPSA) is 198 Å². The first-order valence-electron chi connectivity index (χ1n) is 17.2. The van der Waals surface area contributed by atoms with Crippen molar-refractivity contribution in [1.82, 2.24) is 0 Å². The quantitative estimate of drug-likeness (QED) is 0.0351. The predicted molar refractivity (Wildman–Crippen MR) is 203 cm³/mol. The van der Waals surface area contributed by atoms with Gasteiger partial charge in [0.25, 0.3) is 11.4 Å². The first kappa shape index (κ1) is 41.7. The van der Waals surface area contributed by atoms with Crippen molar-refractivity contribution in [2.24, 2.45) is 10.3 Å². The van der Waals surface area contributed by atoms with Gasteiger partial charge >= 0.3 is 11.9 Å². The number of benzene rings is 4. The third-order valence-electron chi connectivity index (χ3n) is 7.73. The van der Waals surface area contributed by atoms with E-state index in [4.69, 9.17) is 9.68 Å². The number of para-hydroxylation sites is 1. The van der Waals surface area contributed by atoms with Crippen LogP contribution in [-0.4, -0.2) is 44.8 Å². The molecular weight excluding hydrogens is 696 g/mol. The molecule has 0 N–H and O–H groups in total. The van der Waals surface area contributed by atoms with Gasteiger partial charge in [0.2, 0.25) is 11.6 Å². The zero-order valence-corrected chi connectivity index (χ0v) is 30.4. The van der Waals surface area contributed by atoms with E-state index in [1.165, 1.54) is 18.2 Å². The van der Waals surface area contributed by atoms with Gasteiger partial charge in [0, 0.05) is 42.2 Å². The van der Waals surface area contributed by atoms with E-state index in [1.54, 1.807) is 92.7 Å². The molecule has 54 heavy (non-hydrogen) atoms. The van der Waals surface area contributed by atoms with Gasteiger partial charge in [-0.25, -0.2) is 9.59 Å². The maximum Gasteiger partial charge on any atom is 0.335 e. The van der Waals surface area contributed by atoms with E-state index >= 15 is 0 Å². The van der Waals surface area contributed by atoms with Crippen LogP contribution >= 0.6 is 0 Å². The highest BCUT2D eigenvalue weighted by atomic mass is 16.7. The predicted octanol–water partition coefficient (Wildman–Crippen LogP) is 9.11. The lowest BCUT2D eigenvalue weighted by molar-refractivity contribution is -0.384. The molecular formula is C40H40N4O10. The molecule has 0 unspecified atom stereocenters. The molecule has 14 heteroatoms. The maximum absolute atomic E-state index is 12.5. The van der Waals surface area contributed by atoms with E-state index in [2.05, 4.69) is 10.3 Å². The number of hydrogen-bond acceptors (Lipinski definition) is 12. The minimum Gasteiger partial charge on any atom is -0.318 e. The van der Waals surface area contributed by atoms with Crippen molar-refractivity contribution in [2.75, 3.05) is 0 Å². The Hall–Kier alpha value is -6.70. The number of carbonyl (C=O) groups excluding carboxylic acids is 4. The van der Waals surface area contributed by atoms with Gasteiger partial charge < -0.3 is 9.68 Å². The van der Waals surface area contributed by atoms with Crippen molar-refractivity contribution in [1.29, 1.82) is 0 Å². The Balaban J connectivity index is 0.000000290. The summed E-state index contributed by atoms with van der Waals surface area (Å²) in [6.45, 7) is 7.20. The molecule has 0 aliphatic rings. The largest absolute Gasteiger partial charge is 0.335 e. The number of hydrogen-bond donors (Lipinski definition) is 0. The average Bonchev–Trinajstić information content (AvgIpc) is 3.18. The van der Waals surface area contributed by atoms with Gasteiger partial charge in [-0.1, -0.05) is 98.7 Å². The van der Waals surface area contributed by atoms with E-state index in [0.29, 0.717) is 47.9 Å². The van der Waals surface area contributed by atoms with E-state index in [1.807, 2.05) is 13.8 Å². The number of ketones is 2. The number of nitrogens with zero attached hydrogens (tertiary/aromatic N) is 4. The zero-order chi connectivity index (χ0) is 39.6. The van der Waals surface area contributed by atoms with Crippen LogP contribution in [0, 0.1) is 20.2 Å². The molecule has 4 rings (SSSR count). The molecule has 0 heterocycles. The molecule has 0 amide bonds. The highest BCUT2D eigenvalue weighted by Gasteiger charge is 2.18. The normalized spacial score (nSPS) is 11.1. The molecule has 0 atom stereocenters. The number of carbonyl (C=O) groups is 4. The van der Waals surface area contributed by atoms with Gasteiger partial charge in [0.05, 0.1) is 15.4 Å². The number of nitro groups is 2. The van der Waals surface area contributed by atoms with Crippen LogP contribution in [0.15, 0.2) is 107 Å². The minimum atomic E-state index is -0.483. The molecule has 4 aromatic rings. The average molecular weight is 737 g/mol. The summed E-state index contributed by atoms with van der Waals surface area (Å²) in [6, 6.07) is 25.8. The molecule has 0 bridgehead atoms. The lowest BCUT2D eigenvalue weighted by atomic mass is 9.99. The first-order chi connectivity index (χ1) is 25.9. The van der Waals surface area contributed by atoms with Crippen molar-refractivity contribution in [3.05, 3.63) is 128 Å². The van der Waals surface area contributed by atoms with Crippen molar-refractivity contribution < 1.29 is 38.7 Å². The fourth-order valence-electron chi connectivity index (χ4n) is 4.85. The number of non-ortho nitro benzene ring substituents is 1. The van der Waals surface area contributed by atoms with Crippen molar-refractivity contribution in [3.63, 3.8) is 0 Å². The lowest BCUT2D eigenvalue weighted by Crippen LogP contribution is -2.15. The Morgan fingerprint density at radius 2 is 0.963 bits per heavy atom. The Morgan fingerprint density at radius 1 is 0.556 bits per heavy atom. The molecule has 14 nitrogen and oxygen atoms in total. The number of rotatable bonds is 16. The smallest absolute Gasteiger partial charge is 0.318 e. The second kappa shape index (κ2) is 21.0. The summed E-state index contributed by atoms with van der Waals surface area (Å²) in [4.78, 5) is 78.4. The Bertz CT molecular complexity index is 2020. The van der Waals surface area contributed by atoms with E-state index in [0.717, 1.165) is 11.1 Å². The van der Waals surface area contributed by atoms with Crippen LogP contribution < -0.4 is 0 Å². The molecule has 0 aliphatic heterocycles. The van der Waals surface area contributed by atoms with Crippen LogP contribution in [0.2, 0.25) is 0 Å². The fraction of sp³-hybridized carbons (Fsp3) is 0.250. The van der Waals surface area contributed by atoms with Gasteiger partial charge in [0.1, 0.15) is 11.4 Å². The standard InChI is InChI=1S/2C20H20N2O5/c1-3-7-19(23)27-21-17(4-2)20(24)15-12-10-14(11-13-15)16-8-5-6-9-18(16)22(25)26;1-3-5-19(23)27-21-18(4-2)20(24)16-8-6-14(7-9-16)15-10-12-17(13-11-15)22(25)26/h5-6,8-13H,3-4,7H2,1-2H3;6-13H,3-5H2,1-2H3/b21-17-;21-18-. The van der Waals surface area contributed by atoms with Crippen molar-refractivity contribution in [3.8, 4) is 22.3 Å². The lowest BCUT2D eigenvalue weighted by Gasteiger charge is -2.06. The second-order valence-corrected chi connectivity index (χ2v) is 11.6. The number of Topliss-reactive ketones (excluding diaryl/α,β-unsaturated/α-hetero) is 2. The maximum atomic E-state index is 12.5. The summed E-state index contributed by atoms with van der Waals surface area (Å²) in [5.74, 6) is -1.61. The van der Waals surface area contributed by atoms with Crippen LogP contribution in [0.3, 0.4) is 0 Å². The van der Waals surface area contributed by atoms with Gasteiger partial charge in [-0.15, -0.1) is 0 Å². The molecule has 0 aromatic heterocycles. The van der Waals surface area contributed by atoms with Crippen molar-refractivity contribution >= 4 is 46.3 Å². The van der Waals surface area contributed by atoms with Crippen molar-refractivity contribution in [2.45, 2.75) is 66.2 Å². The van der Waals surface area contributed by atoms with Gasteiger partial charge in [0.15, 0.2) is 0 Å². The molecule has 0 fully saturated rings. The Kier molecular flexibility index (Phi) is 16.2. The third kappa shape index (κ3) is 11.9. The molecule has 0 radical (unpaired) electrons. The number of oxime groups is 2. The van der Waals surface area contributed by atoms with Crippen LogP contribution in [0.5, 0.6) is 0 Å². The highest BCUT2D eigenvalue weighted by molar-refractivity contribution is 6.46. The second-order valence-electron chi connectivity index (χ2n) is 11.6. The molecule has 280 valence electrons. The highest BCUT2D eigenvalue weighted by Crippen LogP contribution is 2.30. The summed E-state index contributed by atoms with van der Waals surface area (Å²) >= 11 is 0.